The lowest BCUT2D eigenvalue weighted by molar-refractivity contribution is 0.265. The molecule has 1 rings (SSSR count). The van der Waals surface area contributed by atoms with Crippen molar-refractivity contribution >= 4 is 15.9 Å². The highest BCUT2D eigenvalue weighted by atomic mass is 79.9. The monoisotopic (exact) mass is 219 g/mol. The fourth-order valence-electron chi connectivity index (χ4n) is 0.840. The second kappa shape index (κ2) is 3.34. The summed E-state index contributed by atoms with van der Waals surface area (Å²) in [4.78, 5) is 0. The molecule has 1 atom stereocenters. The van der Waals surface area contributed by atoms with E-state index in [2.05, 4.69) is 26.1 Å². The highest BCUT2D eigenvalue weighted by Gasteiger charge is 2.12. The number of hydrogen-bond acceptors (Lipinski definition) is 3. The minimum Gasteiger partial charge on any atom is -0.394 e. The summed E-state index contributed by atoms with van der Waals surface area (Å²) in [5.74, 6) is 0. The van der Waals surface area contributed by atoms with Gasteiger partial charge in [0.2, 0.25) is 0 Å². The third kappa shape index (κ3) is 1.61. The van der Waals surface area contributed by atoms with Gasteiger partial charge in [0, 0.05) is 5.56 Å². The molecule has 0 radical (unpaired) electrons. The van der Waals surface area contributed by atoms with Crippen molar-refractivity contribution in [2.45, 2.75) is 13.0 Å². The van der Waals surface area contributed by atoms with Crippen LogP contribution in [0.5, 0.6) is 0 Å². The SMILES string of the molecule is Cc1c(Br)n[nH]c1C(N)CO. The Balaban J connectivity index is 2.94. The third-order valence-corrected chi connectivity index (χ3v) is 2.33. The van der Waals surface area contributed by atoms with E-state index < -0.39 is 0 Å². The molecular formula is C6H10BrN3O. The number of aliphatic hydroxyl groups is 1. The Morgan fingerprint density at radius 1 is 1.82 bits per heavy atom. The maximum Gasteiger partial charge on any atom is 0.131 e. The van der Waals surface area contributed by atoms with E-state index in [1.54, 1.807) is 0 Å². The maximum absolute atomic E-state index is 8.73. The van der Waals surface area contributed by atoms with E-state index in [9.17, 15) is 0 Å². The molecule has 0 saturated carbocycles. The minimum atomic E-state index is -0.367. The molecule has 1 aromatic heterocycles. The Morgan fingerprint density at radius 2 is 2.45 bits per heavy atom. The molecule has 0 amide bonds. The van der Waals surface area contributed by atoms with Crippen molar-refractivity contribution in [3.05, 3.63) is 15.9 Å². The molecule has 0 spiro atoms. The number of H-pyrrole nitrogens is 1. The van der Waals surface area contributed by atoms with Gasteiger partial charge in [0.15, 0.2) is 0 Å². The van der Waals surface area contributed by atoms with Crippen LogP contribution in [0.15, 0.2) is 4.60 Å². The number of rotatable bonds is 2. The molecule has 0 aliphatic heterocycles. The Labute approximate surface area is 72.9 Å². The Morgan fingerprint density at radius 3 is 2.82 bits per heavy atom. The second-order valence-electron chi connectivity index (χ2n) is 2.34. The number of nitrogens with zero attached hydrogens (tertiary/aromatic N) is 1. The number of halogens is 1. The number of aliphatic hydroxyl groups excluding tert-OH is 1. The van der Waals surface area contributed by atoms with Gasteiger partial charge in [0.1, 0.15) is 4.60 Å². The number of hydrogen-bond donors (Lipinski definition) is 3. The van der Waals surface area contributed by atoms with E-state index in [0.717, 1.165) is 15.9 Å². The minimum absolute atomic E-state index is 0.0739. The second-order valence-corrected chi connectivity index (χ2v) is 3.09. The number of aromatic nitrogens is 2. The van der Waals surface area contributed by atoms with Gasteiger partial charge < -0.3 is 10.8 Å². The van der Waals surface area contributed by atoms with Crippen molar-refractivity contribution < 1.29 is 5.11 Å². The molecule has 5 heteroatoms. The number of nitrogens with one attached hydrogen (secondary N) is 1. The molecule has 0 aromatic carbocycles. The zero-order chi connectivity index (χ0) is 8.43. The third-order valence-electron chi connectivity index (χ3n) is 1.56. The molecule has 1 heterocycles. The van der Waals surface area contributed by atoms with Crippen LogP contribution in [0.3, 0.4) is 0 Å². The van der Waals surface area contributed by atoms with Crippen LogP contribution < -0.4 is 5.73 Å². The van der Waals surface area contributed by atoms with Crippen molar-refractivity contribution in [3.8, 4) is 0 Å². The molecule has 0 aliphatic carbocycles. The topological polar surface area (TPSA) is 74.9 Å². The predicted molar refractivity (Wildman–Crippen MR) is 45.0 cm³/mol. The highest BCUT2D eigenvalue weighted by Crippen LogP contribution is 2.19. The van der Waals surface area contributed by atoms with Gasteiger partial charge in [0.25, 0.3) is 0 Å². The van der Waals surface area contributed by atoms with Gasteiger partial charge in [-0.1, -0.05) is 0 Å². The highest BCUT2D eigenvalue weighted by molar-refractivity contribution is 9.10. The molecule has 1 unspecified atom stereocenters. The first-order valence-corrected chi connectivity index (χ1v) is 4.03. The lowest BCUT2D eigenvalue weighted by atomic mass is 10.2. The van der Waals surface area contributed by atoms with Crippen molar-refractivity contribution in [1.29, 1.82) is 0 Å². The molecule has 0 aliphatic rings. The summed E-state index contributed by atoms with van der Waals surface area (Å²) in [5, 5.41) is 15.4. The van der Waals surface area contributed by atoms with Crippen molar-refractivity contribution in [1.82, 2.24) is 10.2 Å². The van der Waals surface area contributed by atoms with Crippen LogP contribution in [0.1, 0.15) is 17.3 Å². The van der Waals surface area contributed by atoms with E-state index in [0.29, 0.717) is 0 Å². The van der Waals surface area contributed by atoms with E-state index in [-0.39, 0.29) is 12.6 Å². The van der Waals surface area contributed by atoms with Gasteiger partial charge in [-0.15, -0.1) is 0 Å². The van der Waals surface area contributed by atoms with Crippen LogP contribution in [0.2, 0.25) is 0 Å². The molecule has 0 saturated heterocycles. The quantitative estimate of drug-likeness (QED) is 0.678. The zero-order valence-electron chi connectivity index (χ0n) is 6.13. The van der Waals surface area contributed by atoms with Gasteiger partial charge in [-0.2, -0.15) is 5.10 Å². The van der Waals surface area contributed by atoms with Gasteiger partial charge in [-0.05, 0) is 22.9 Å². The fourth-order valence-corrected chi connectivity index (χ4v) is 1.14. The Hall–Kier alpha value is -0.390. The number of nitrogens with two attached hydrogens (primary N) is 1. The Bertz CT molecular complexity index is 248. The molecular weight excluding hydrogens is 210 g/mol. The average Bonchev–Trinajstić information content (AvgIpc) is 2.32. The summed E-state index contributed by atoms with van der Waals surface area (Å²) in [7, 11) is 0. The molecule has 0 fully saturated rings. The first kappa shape index (κ1) is 8.70. The van der Waals surface area contributed by atoms with E-state index in [1.165, 1.54) is 0 Å². The molecule has 4 N–H and O–H groups in total. The summed E-state index contributed by atoms with van der Waals surface area (Å²) >= 11 is 3.23. The van der Waals surface area contributed by atoms with Crippen molar-refractivity contribution in [3.63, 3.8) is 0 Å². The largest absolute Gasteiger partial charge is 0.394 e. The lowest BCUT2D eigenvalue weighted by Gasteiger charge is -2.05. The Kier molecular flexibility index (Phi) is 2.64. The first-order valence-electron chi connectivity index (χ1n) is 3.23. The van der Waals surface area contributed by atoms with Crippen molar-refractivity contribution in [2.75, 3.05) is 6.61 Å². The molecule has 4 nitrogen and oxygen atoms in total. The van der Waals surface area contributed by atoms with Gasteiger partial charge in [0.05, 0.1) is 18.3 Å². The van der Waals surface area contributed by atoms with E-state index in [1.807, 2.05) is 6.92 Å². The summed E-state index contributed by atoms with van der Waals surface area (Å²) < 4.78 is 0.747. The van der Waals surface area contributed by atoms with Crippen LogP contribution >= 0.6 is 15.9 Å². The summed E-state index contributed by atoms with van der Waals surface area (Å²) in [5.41, 5.74) is 7.29. The number of aromatic amines is 1. The van der Waals surface area contributed by atoms with Crippen molar-refractivity contribution in [2.24, 2.45) is 5.73 Å². The molecule has 0 bridgehead atoms. The van der Waals surface area contributed by atoms with E-state index >= 15 is 0 Å². The summed E-state index contributed by atoms with van der Waals surface area (Å²) in [6, 6.07) is -0.367. The standard InChI is InChI=1S/C6H10BrN3O/c1-3-5(4(8)2-11)9-10-6(3)7/h4,11H,2,8H2,1H3,(H,9,10). The van der Waals surface area contributed by atoms with E-state index in [4.69, 9.17) is 10.8 Å². The normalized spacial score (nSPS) is 13.5. The van der Waals surface area contributed by atoms with Crippen LogP contribution in [-0.4, -0.2) is 21.9 Å². The van der Waals surface area contributed by atoms with Crippen LogP contribution in [0.4, 0.5) is 0 Å². The predicted octanol–water partition coefficient (Wildman–Crippen LogP) is 0.473. The molecule has 11 heavy (non-hydrogen) atoms. The van der Waals surface area contributed by atoms with Crippen LogP contribution in [-0.2, 0) is 0 Å². The van der Waals surface area contributed by atoms with Crippen LogP contribution in [0, 0.1) is 6.92 Å². The first-order chi connectivity index (χ1) is 5.16. The van der Waals surface area contributed by atoms with Gasteiger partial charge in [-0.3, -0.25) is 5.10 Å². The van der Waals surface area contributed by atoms with Crippen LogP contribution in [0.25, 0.3) is 0 Å². The molecule has 1 aromatic rings. The maximum atomic E-state index is 8.73. The summed E-state index contributed by atoms with van der Waals surface area (Å²) in [6.07, 6.45) is 0. The lowest BCUT2D eigenvalue weighted by Crippen LogP contribution is -2.15. The smallest absolute Gasteiger partial charge is 0.131 e. The fraction of sp³-hybridized carbons (Fsp3) is 0.500. The van der Waals surface area contributed by atoms with Gasteiger partial charge in [-0.25, -0.2) is 0 Å². The molecule has 62 valence electrons. The zero-order valence-corrected chi connectivity index (χ0v) is 7.72. The van der Waals surface area contributed by atoms with Gasteiger partial charge >= 0.3 is 0 Å². The average molecular weight is 220 g/mol. The summed E-state index contributed by atoms with van der Waals surface area (Å²) in [6.45, 7) is 1.81.